The van der Waals surface area contributed by atoms with E-state index in [1.165, 1.54) is 51.0 Å². The summed E-state index contributed by atoms with van der Waals surface area (Å²) in [6.45, 7) is 8.25. The summed E-state index contributed by atoms with van der Waals surface area (Å²) in [6.07, 6.45) is 3.96. The monoisotopic (exact) mass is 246 g/mol. The second-order valence-electron chi connectivity index (χ2n) is 5.26. The maximum atomic E-state index is 3.39. The van der Waals surface area contributed by atoms with Crippen LogP contribution in [0.15, 0.2) is 30.3 Å². The third kappa shape index (κ3) is 4.11. The molecular formula is C16H26N2. The normalized spacial score (nSPS) is 20.4. The Balaban J connectivity index is 1.66. The molecule has 1 saturated heterocycles. The van der Waals surface area contributed by atoms with Gasteiger partial charge in [-0.3, -0.25) is 0 Å². The van der Waals surface area contributed by atoms with Crippen LogP contribution in [0.25, 0.3) is 0 Å². The second-order valence-corrected chi connectivity index (χ2v) is 5.26. The lowest BCUT2D eigenvalue weighted by atomic mass is 9.99. The molecule has 1 aromatic carbocycles. The lowest BCUT2D eigenvalue weighted by Crippen LogP contribution is -2.23. The minimum Gasteiger partial charge on any atom is -0.317 e. The molecule has 0 bridgehead atoms. The van der Waals surface area contributed by atoms with Gasteiger partial charge in [0.1, 0.15) is 0 Å². The molecule has 1 heterocycles. The van der Waals surface area contributed by atoms with Gasteiger partial charge in [-0.15, -0.1) is 0 Å². The molecule has 18 heavy (non-hydrogen) atoms. The standard InChI is InChI=1S/C16H26N2/c1-2-17-11-6-7-12-18-13-10-16(14-18)15-8-4-3-5-9-15/h3-5,8-9,16-17H,2,6-7,10-14H2,1H3. The molecule has 1 unspecified atom stereocenters. The molecule has 0 amide bonds. The van der Waals surface area contributed by atoms with E-state index in [4.69, 9.17) is 0 Å². The highest BCUT2D eigenvalue weighted by atomic mass is 15.1. The van der Waals surface area contributed by atoms with Gasteiger partial charge in [0.05, 0.1) is 0 Å². The zero-order chi connectivity index (χ0) is 12.6. The van der Waals surface area contributed by atoms with Crippen molar-refractivity contribution in [3.8, 4) is 0 Å². The number of hydrogen-bond acceptors (Lipinski definition) is 2. The van der Waals surface area contributed by atoms with Crippen molar-refractivity contribution in [1.29, 1.82) is 0 Å². The average Bonchev–Trinajstić information content (AvgIpc) is 2.88. The largest absolute Gasteiger partial charge is 0.317 e. The highest BCUT2D eigenvalue weighted by molar-refractivity contribution is 5.20. The van der Waals surface area contributed by atoms with Crippen LogP contribution in [-0.4, -0.2) is 37.6 Å². The van der Waals surface area contributed by atoms with Crippen molar-refractivity contribution in [1.82, 2.24) is 10.2 Å². The van der Waals surface area contributed by atoms with Gasteiger partial charge in [0, 0.05) is 6.54 Å². The van der Waals surface area contributed by atoms with Gasteiger partial charge < -0.3 is 10.2 Å². The molecule has 1 aliphatic heterocycles. The van der Waals surface area contributed by atoms with E-state index in [0.717, 1.165) is 12.5 Å². The first kappa shape index (κ1) is 13.6. The third-order valence-corrected chi connectivity index (χ3v) is 3.87. The molecule has 0 aromatic heterocycles. The first-order valence-corrected chi connectivity index (χ1v) is 7.38. The maximum Gasteiger partial charge on any atom is 0.00507 e. The van der Waals surface area contributed by atoms with E-state index in [0.29, 0.717) is 0 Å². The first-order chi connectivity index (χ1) is 8.90. The summed E-state index contributed by atoms with van der Waals surface area (Å²) in [4.78, 5) is 2.63. The Morgan fingerprint density at radius 3 is 2.83 bits per heavy atom. The second kappa shape index (κ2) is 7.55. The molecule has 0 spiro atoms. The molecule has 0 radical (unpaired) electrons. The van der Waals surface area contributed by atoms with E-state index in [1.54, 1.807) is 0 Å². The van der Waals surface area contributed by atoms with Gasteiger partial charge in [-0.05, 0) is 56.9 Å². The van der Waals surface area contributed by atoms with Crippen molar-refractivity contribution in [2.45, 2.75) is 32.1 Å². The summed E-state index contributed by atoms with van der Waals surface area (Å²) < 4.78 is 0. The lowest BCUT2D eigenvalue weighted by Gasteiger charge is -2.16. The molecule has 1 fully saturated rings. The van der Waals surface area contributed by atoms with Crippen LogP contribution in [-0.2, 0) is 0 Å². The molecule has 0 saturated carbocycles. The quantitative estimate of drug-likeness (QED) is 0.744. The van der Waals surface area contributed by atoms with Crippen LogP contribution in [0.4, 0.5) is 0 Å². The first-order valence-electron chi connectivity index (χ1n) is 7.38. The molecule has 1 N–H and O–H groups in total. The van der Waals surface area contributed by atoms with Gasteiger partial charge in [-0.2, -0.15) is 0 Å². The Hall–Kier alpha value is -0.860. The van der Waals surface area contributed by atoms with Crippen molar-refractivity contribution in [2.24, 2.45) is 0 Å². The number of rotatable bonds is 7. The molecule has 2 heteroatoms. The van der Waals surface area contributed by atoms with E-state index < -0.39 is 0 Å². The van der Waals surface area contributed by atoms with Gasteiger partial charge in [0.25, 0.3) is 0 Å². The van der Waals surface area contributed by atoms with E-state index in [-0.39, 0.29) is 0 Å². The Kier molecular flexibility index (Phi) is 5.69. The van der Waals surface area contributed by atoms with Crippen molar-refractivity contribution in [3.63, 3.8) is 0 Å². The summed E-state index contributed by atoms with van der Waals surface area (Å²) in [7, 11) is 0. The Bertz CT molecular complexity index is 323. The molecular weight excluding hydrogens is 220 g/mol. The minimum atomic E-state index is 0.764. The van der Waals surface area contributed by atoms with Crippen LogP contribution in [0.5, 0.6) is 0 Å². The number of likely N-dealkylation sites (tertiary alicyclic amines) is 1. The summed E-state index contributed by atoms with van der Waals surface area (Å²) in [5.74, 6) is 0.764. The van der Waals surface area contributed by atoms with Crippen molar-refractivity contribution in [3.05, 3.63) is 35.9 Å². The molecule has 2 rings (SSSR count). The number of unbranched alkanes of at least 4 members (excludes halogenated alkanes) is 1. The molecule has 0 aliphatic carbocycles. The van der Waals surface area contributed by atoms with E-state index >= 15 is 0 Å². The molecule has 100 valence electrons. The Labute approximate surface area is 111 Å². The van der Waals surface area contributed by atoms with Crippen LogP contribution < -0.4 is 5.32 Å². The fraction of sp³-hybridized carbons (Fsp3) is 0.625. The fourth-order valence-electron chi connectivity index (χ4n) is 2.80. The topological polar surface area (TPSA) is 15.3 Å². The summed E-state index contributed by atoms with van der Waals surface area (Å²) >= 11 is 0. The SMILES string of the molecule is CCNCCCCN1CCC(c2ccccc2)C1. The highest BCUT2D eigenvalue weighted by Crippen LogP contribution is 2.26. The van der Waals surface area contributed by atoms with Gasteiger partial charge in [-0.25, -0.2) is 0 Å². The van der Waals surface area contributed by atoms with Crippen molar-refractivity contribution in [2.75, 3.05) is 32.7 Å². The zero-order valence-corrected chi connectivity index (χ0v) is 11.6. The number of hydrogen-bond donors (Lipinski definition) is 1. The predicted octanol–water partition coefficient (Wildman–Crippen LogP) is 2.87. The van der Waals surface area contributed by atoms with Crippen LogP contribution in [0.3, 0.4) is 0 Å². The van der Waals surface area contributed by atoms with Crippen LogP contribution in [0.2, 0.25) is 0 Å². The summed E-state index contributed by atoms with van der Waals surface area (Å²) in [5, 5.41) is 3.39. The highest BCUT2D eigenvalue weighted by Gasteiger charge is 2.22. The predicted molar refractivity (Wildman–Crippen MR) is 78.0 cm³/mol. The molecule has 2 nitrogen and oxygen atoms in total. The number of nitrogens with one attached hydrogen (secondary N) is 1. The molecule has 1 aliphatic rings. The Morgan fingerprint density at radius 2 is 2.06 bits per heavy atom. The molecule has 1 atom stereocenters. The van der Waals surface area contributed by atoms with Crippen LogP contribution >= 0.6 is 0 Å². The summed E-state index contributed by atoms with van der Waals surface area (Å²) in [6, 6.07) is 11.0. The number of nitrogens with zero attached hydrogens (tertiary/aromatic N) is 1. The van der Waals surface area contributed by atoms with Crippen LogP contribution in [0, 0.1) is 0 Å². The van der Waals surface area contributed by atoms with E-state index in [2.05, 4.69) is 47.5 Å². The summed E-state index contributed by atoms with van der Waals surface area (Å²) in [5.41, 5.74) is 1.52. The van der Waals surface area contributed by atoms with Gasteiger partial charge in [-0.1, -0.05) is 37.3 Å². The van der Waals surface area contributed by atoms with E-state index in [9.17, 15) is 0 Å². The lowest BCUT2D eigenvalue weighted by molar-refractivity contribution is 0.325. The number of benzene rings is 1. The van der Waals surface area contributed by atoms with Crippen LogP contribution in [0.1, 0.15) is 37.7 Å². The van der Waals surface area contributed by atoms with Crippen molar-refractivity contribution >= 4 is 0 Å². The van der Waals surface area contributed by atoms with Gasteiger partial charge in [0.15, 0.2) is 0 Å². The van der Waals surface area contributed by atoms with Gasteiger partial charge in [0.2, 0.25) is 0 Å². The molecule has 1 aromatic rings. The zero-order valence-electron chi connectivity index (χ0n) is 11.6. The third-order valence-electron chi connectivity index (χ3n) is 3.87. The minimum absolute atomic E-state index is 0.764. The maximum absolute atomic E-state index is 3.39. The average molecular weight is 246 g/mol. The smallest absolute Gasteiger partial charge is 0.00507 e. The fourth-order valence-corrected chi connectivity index (χ4v) is 2.80. The Morgan fingerprint density at radius 1 is 1.22 bits per heavy atom. The van der Waals surface area contributed by atoms with Gasteiger partial charge >= 0.3 is 0 Å². The van der Waals surface area contributed by atoms with E-state index in [1.807, 2.05) is 0 Å². The van der Waals surface area contributed by atoms with Crippen molar-refractivity contribution < 1.29 is 0 Å².